The Balaban J connectivity index is 2.17. The number of hydrogen-bond donors (Lipinski definition) is 1. The van der Waals surface area contributed by atoms with Crippen LogP contribution in [0.4, 0.5) is 0 Å². The summed E-state index contributed by atoms with van der Waals surface area (Å²) >= 11 is 4.89. The summed E-state index contributed by atoms with van der Waals surface area (Å²) in [6, 6.07) is 3.67. The molecule has 1 aliphatic rings. The van der Waals surface area contributed by atoms with E-state index in [0.29, 0.717) is 17.0 Å². The van der Waals surface area contributed by atoms with Gasteiger partial charge in [0.1, 0.15) is 11.3 Å². The molecule has 0 saturated heterocycles. The smallest absolute Gasteiger partial charge is 0.349 e. The Labute approximate surface area is 120 Å². The Morgan fingerprint density at radius 3 is 2.84 bits per heavy atom. The van der Waals surface area contributed by atoms with E-state index < -0.39 is 11.5 Å². The van der Waals surface area contributed by atoms with Crippen molar-refractivity contribution in [2.24, 2.45) is 0 Å². The highest BCUT2D eigenvalue weighted by Crippen LogP contribution is 2.31. The average Bonchev–Trinajstić information content (AvgIpc) is 2.84. The quantitative estimate of drug-likeness (QED) is 0.813. The molecule has 3 heterocycles. The van der Waals surface area contributed by atoms with Crippen molar-refractivity contribution in [3.63, 3.8) is 0 Å². The molecule has 96 valence electrons. The molecule has 0 atom stereocenters. The number of thiophene rings is 1. The number of carbonyl (C=O) groups is 1. The minimum Gasteiger partial charge on any atom is -0.422 e. The third-order valence-corrected chi connectivity index (χ3v) is 4.34. The number of aromatic nitrogens is 1. The van der Waals surface area contributed by atoms with Crippen LogP contribution >= 0.6 is 27.3 Å². The average molecular weight is 338 g/mol. The molecule has 0 saturated carbocycles. The summed E-state index contributed by atoms with van der Waals surface area (Å²) in [6.45, 7) is 1.77. The molecule has 0 bridgehead atoms. The maximum absolute atomic E-state index is 11.8. The summed E-state index contributed by atoms with van der Waals surface area (Å²) in [5, 5.41) is 1.94. The van der Waals surface area contributed by atoms with Crippen LogP contribution in [0.1, 0.15) is 26.5 Å². The van der Waals surface area contributed by atoms with Gasteiger partial charge in [-0.25, -0.2) is 4.79 Å². The molecule has 2 aromatic rings. The number of halogens is 1. The minimum absolute atomic E-state index is 0.0764. The molecule has 0 aromatic carbocycles. The number of pyridine rings is 1. The monoisotopic (exact) mass is 337 g/mol. The zero-order valence-corrected chi connectivity index (χ0v) is 12.2. The van der Waals surface area contributed by atoms with Gasteiger partial charge < -0.3 is 9.72 Å². The van der Waals surface area contributed by atoms with Crippen molar-refractivity contribution in [3.05, 3.63) is 54.0 Å². The van der Waals surface area contributed by atoms with E-state index in [2.05, 4.69) is 20.9 Å². The number of nitrogens with one attached hydrogen (secondary N) is 1. The predicted octanol–water partition coefficient (Wildman–Crippen LogP) is 3.18. The number of aryl methyl sites for hydroxylation is 1. The number of aromatic amines is 1. The van der Waals surface area contributed by atoms with Crippen LogP contribution in [-0.4, -0.2) is 11.0 Å². The van der Waals surface area contributed by atoms with Crippen LogP contribution in [0.3, 0.4) is 0 Å². The van der Waals surface area contributed by atoms with Gasteiger partial charge in [0.15, 0.2) is 0 Å². The Hall–Kier alpha value is -1.66. The Bertz CT molecular complexity index is 772. The molecule has 6 heteroatoms. The largest absolute Gasteiger partial charge is 0.422 e. The summed E-state index contributed by atoms with van der Waals surface area (Å²) < 4.78 is 6.14. The third-order valence-electron chi connectivity index (χ3n) is 2.70. The Kier molecular flexibility index (Phi) is 2.91. The maximum Gasteiger partial charge on any atom is 0.349 e. The number of cyclic esters (lactones) is 1. The Morgan fingerprint density at radius 1 is 1.37 bits per heavy atom. The van der Waals surface area contributed by atoms with E-state index in [1.165, 1.54) is 11.3 Å². The lowest BCUT2D eigenvalue weighted by molar-refractivity contribution is 0.0715. The second-order valence-electron chi connectivity index (χ2n) is 4.14. The van der Waals surface area contributed by atoms with E-state index in [9.17, 15) is 9.59 Å². The number of rotatable bonds is 1. The summed E-state index contributed by atoms with van der Waals surface area (Å²) in [4.78, 5) is 27.0. The number of ether oxygens (including phenoxy) is 1. The minimum atomic E-state index is -0.599. The zero-order valence-electron chi connectivity index (χ0n) is 9.82. The molecule has 3 rings (SSSR count). The third kappa shape index (κ3) is 2.17. The van der Waals surface area contributed by atoms with E-state index in [1.807, 2.05) is 11.4 Å². The number of fused-ring (bicyclic) bond motifs is 1. The van der Waals surface area contributed by atoms with Crippen molar-refractivity contribution < 1.29 is 9.53 Å². The normalized spacial score (nSPS) is 15.7. The molecule has 19 heavy (non-hydrogen) atoms. The molecule has 0 fully saturated rings. The number of esters is 1. The van der Waals surface area contributed by atoms with Gasteiger partial charge in [0.05, 0.1) is 0 Å². The highest BCUT2D eigenvalue weighted by molar-refractivity contribution is 9.10. The first-order valence-corrected chi connectivity index (χ1v) is 7.14. The van der Waals surface area contributed by atoms with Crippen molar-refractivity contribution in [2.45, 2.75) is 6.92 Å². The second kappa shape index (κ2) is 4.47. The lowest BCUT2D eigenvalue weighted by atomic mass is 10.1. The first-order valence-electron chi connectivity index (χ1n) is 5.47. The standard InChI is InChI=1S/C13H8BrNO3S/c1-6-2-9-10(4-8-3-7(14)5-19-8)18-13(17)11(9)12(16)15-6/h2-5H,1H3,(H,15,16)/b10-4-. The number of H-pyrrole nitrogens is 1. The fourth-order valence-electron chi connectivity index (χ4n) is 1.93. The van der Waals surface area contributed by atoms with E-state index in [-0.39, 0.29) is 5.56 Å². The number of carbonyl (C=O) groups excluding carboxylic acids is 1. The van der Waals surface area contributed by atoms with Crippen LogP contribution < -0.4 is 5.56 Å². The van der Waals surface area contributed by atoms with E-state index in [0.717, 1.165) is 9.35 Å². The van der Waals surface area contributed by atoms with Crippen LogP contribution in [-0.2, 0) is 4.74 Å². The van der Waals surface area contributed by atoms with Crippen LogP contribution in [0.25, 0.3) is 11.8 Å². The fraction of sp³-hybridized carbons (Fsp3) is 0.0769. The summed E-state index contributed by atoms with van der Waals surface area (Å²) in [7, 11) is 0. The number of hydrogen-bond acceptors (Lipinski definition) is 4. The molecule has 0 spiro atoms. The first-order chi connectivity index (χ1) is 9.04. The molecule has 0 amide bonds. The van der Waals surface area contributed by atoms with Crippen LogP contribution in [0.5, 0.6) is 0 Å². The molecule has 0 aliphatic carbocycles. The fourth-order valence-corrected chi connectivity index (χ4v) is 3.30. The van der Waals surface area contributed by atoms with Gasteiger partial charge in [-0.2, -0.15) is 0 Å². The molecule has 0 radical (unpaired) electrons. The molecule has 2 aromatic heterocycles. The molecule has 1 N–H and O–H groups in total. The van der Waals surface area contributed by atoms with Gasteiger partial charge in [-0.1, -0.05) is 0 Å². The van der Waals surface area contributed by atoms with Gasteiger partial charge >= 0.3 is 5.97 Å². The predicted molar refractivity (Wildman–Crippen MR) is 77.1 cm³/mol. The van der Waals surface area contributed by atoms with Gasteiger partial charge in [-0.3, -0.25) is 4.79 Å². The Morgan fingerprint density at radius 2 is 2.16 bits per heavy atom. The van der Waals surface area contributed by atoms with Gasteiger partial charge in [-0.15, -0.1) is 11.3 Å². The highest BCUT2D eigenvalue weighted by Gasteiger charge is 2.30. The van der Waals surface area contributed by atoms with E-state index in [4.69, 9.17) is 4.74 Å². The first kappa shape index (κ1) is 12.4. The maximum atomic E-state index is 11.8. The van der Waals surface area contributed by atoms with Gasteiger partial charge in [0, 0.05) is 26.0 Å². The van der Waals surface area contributed by atoms with E-state index in [1.54, 1.807) is 19.1 Å². The lowest BCUT2D eigenvalue weighted by Gasteiger charge is -1.98. The van der Waals surface area contributed by atoms with Crippen LogP contribution in [0.15, 0.2) is 26.8 Å². The zero-order chi connectivity index (χ0) is 13.6. The van der Waals surface area contributed by atoms with Gasteiger partial charge in [0.2, 0.25) is 0 Å². The molecule has 4 nitrogen and oxygen atoms in total. The van der Waals surface area contributed by atoms with Crippen molar-refractivity contribution >= 4 is 45.1 Å². The van der Waals surface area contributed by atoms with Gasteiger partial charge in [-0.05, 0) is 41.1 Å². The summed E-state index contributed by atoms with van der Waals surface area (Å²) in [5.41, 5.74) is 0.916. The van der Waals surface area contributed by atoms with Crippen LogP contribution in [0, 0.1) is 6.92 Å². The lowest BCUT2D eigenvalue weighted by Crippen LogP contribution is -2.16. The molecule has 0 unspecified atom stereocenters. The van der Waals surface area contributed by atoms with Crippen molar-refractivity contribution in [2.75, 3.05) is 0 Å². The summed E-state index contributed by atoms with van der Waals surface area (Å²) in [5.74, 6) is -0.179. The van der Waals surface area contributed by atoms with Crippen molar-refractivity contribution in [1.82, 2.24) is 4.98 Å². The van der Waals surface area contributed by atoms with Crippen molar-refractivity contribution in [3.8, 4) is 0 Å². The molecule has 1 aliphatic heterocycles. The topological polar surface area (TPSA) is 59.2 Å². The van der Waals surface area contributed by atoms with Crippen LogP contribution in [0.2, 0.25) is 0 Å². The van der Waals surface area contributed by atoms with E-state index >= 15 is 0 Å². The van der Waals surface area contributed by atoms with Gasteiger partial charge in [0.25, 0.3) is 5.56 Å². The molecular weight excluding hydrogens is 330 g/mol. The summed E-state index contributed by atoms with van der Waals surface area (Å²) in [6.07, 6.45) is 1.76. The second-order valence-corrected chi connectivity index (χ2v) is 5.99. The van der Waals surface area contributed by atoms with Crippen molar-refractivity contribution in [1.29, 1.82) is 0 Å². The SMILES string of the molecule is Cc1cc2c(c(=O)[nH]1)C(=O)O/C2=C\c1cc(Br)cs1. The highest BCUT2D eigenvalue weighted by atomic mass is 79.9. The molecular formula is C13H8BrNO3S.